The Morgan fingerprint density at radius 3 is 2.67 bits per heavy atom. The molecular weight excluding hydrogens is 236 g/mol. The van der Waals surface area contributed by atoms with E-state index >= 15 is 0 Å². The first-order chi connectivity index (χ1) is 8.47. The molecule has 0 aromatic rings. The molecule has 0 aromatic carbocycles. The van der Waals surface area contributed by atoms with E-state index in [1.807, 2.05) is 13.8 Å². The molecule has 0 aliphatic heterocycles. The van der Waals surface area contributed by atoms with Crippen molar-refractivity contribution in [1.29, 1.82) is 0 Å². The van der Waals surface area contributed by atoms with Crippen LogP contribution in [0.1, 0.15) is 13.8 Å². The van der Waals surface area contributed by atoms with Gasteiger partial charge in [0.05, 0.1) is 13.2 Å². The van der Waals surface area contributed by atoms with Crippen LogP contribution in [-0.4, -0.2) is 54.9 Å². The molecule has 0 fully saturated rings. The minimum atomic E-state index is -1.10. The SMILES string of the molecule is C#CCN(CC(=O)O)C(=O)NCCOCC(C)C. The molecule has 18 heavy (non-hydrogen) atoms. The number of rotatable bonds is 8. The van der Waals surface area contributed by atoms with Crippen molar-refractivity contribution in [1.82, 2.24) is 10.2 Å². The fourth-order valence-electron chi connectivity index (χ4n) is 1.13. The lowest BCUT2D eigenvalue weighted by atomic mass is 10.2. The van der Waals surface area contributed by atoms with Gasteiger partial charge in [0, 0.05) is 13.2 Å². The number of hydrogen-bond donors (Lipinski definition) is 2. The molecule has 0 aliphatic rings. The zero-order valence-corrected chi connectivity index (χ0v) is 10.8. The predicted molar refractivity (Wildman–Crippen MR) is 67.1 cm³/mol. The van der Waals surface area contributed by atoms with Crippen LogP contribution in [0.25, 0.3) is 0 Å². The second kappa shape index (κ2) is 9.31. The summed E-state index contributed by atoms with van der Waals surface area (Å²) in [7, 11) is 0. The summed E-state index contributed by atoms with van der Waals surface area (Å²) >= 11 is 0. The van der Waals surface area contributed by atoms with Crippen molar-refractivity contribution in [3.63, 3.8) is 0 Å². The van der Waals surface area contributed by atoms with Crippen LogP contribution in [0.15, 0.2) is 0 Å². The Morgan fingerprint density at radius 1 is 1.50 bits per heavy atom. The highest BCUT2D eigenvalue weighted by atomic mass is 16.5. The molecule has 0 spiro atoms. The summed E-state index contributed by atoms with van der Waals surface area (Å²) in [5.41, 5.74) is 0. The first-order valence-electron chi connectivity index (χ1n) is 5.73. The maximum absolute atomic E-state index is 11.6. The number of terminal acetylenes is 1. The minimum absolute atomic E-state index is 0.0367. The summed E-state index contributed by atoms with van der Waals surface area (Å²) in [6, 6.07) is -0.497. The van der Waals surface area contributed by atoms with Gasteiger partial charge in [-0.3, -0.25) is 4.79 Å². The van der Waals surface area contributed by atoms with E-state index in [9.17, 15) is 9.59 Å². The maximum Gasteiger partial charge on any atom is 0.323 e. The van der Waals surface area contributed by atoms with Crippen LogP contribution in [0.2, 0.25) is 0 Å². The van der Waals surface area contributed by atoms with Crippen LogP contribution >= 0.6 is 0 Å². The number of carbonyl (C=O) groups excluding carboxylic acids is 1. The highest BCUT2D eigenvalue weighted by molar-refractivity contribution is 5.80. The van der Waals surface area contributed by atoms with Crippen LogP contribution in [0.4, 0.5) is 4.79 Å². The molecule has 0 atom stereocenters. The van der Waals surface area contributed by atoms with E-state index in [2.05, 4.69) is 11.2 Å². The van der Waals surface area contributed by atoms with E-state index in [0.29, 0.717) is 25.7 Å². The topological polar surface area (TPSA) is 78.9 Å². The molecule has 0 saturated carbocycles. The van der Waals surface area contributed by atoms with Gasteiger partial charge in [-0.05, 0) is 5.92 Å². The lowest BCUT2D eigenvalue weighted by molar-refractivity contribution is -0.137. The van der Waals surface area contributed by atoms with Crippen LogP contribution < -0.4 is 5.32 Å². The Kier molecular flexibility index (Phi) is 8.41. The zero-order valence-electron chi connectivity index (χ0n) is 10.8. The Bertz CT molecular complexity index is 310. The van der Waals surface area contributed by atoms with E-state index in [0.717, 1.165) is 4.90 Å². The molecule has 6 heteroatoms. The van der Waals surface area contributed by atoms with Crippen molar-refractivity contribution in [2.75, 3.05) is 32.8 Å². The monoisotopic (exact) mass is 256 g/mol. The molecule has 0 unspecified atom stereocenters. The van der Waals surface area contributed by atoms with Crippen LogP contribution in [0.5, 0.6) is 0 Å². The lowest BCUT2D eigenvalue weighted by Gasteiger charge is -2.18. The Hall–Kier alpha value is -1.74. The quantitative estimate of drug-likeness (QED) is 0.486. The molecule has 0 heterocycles. The zero-order chi connectivity index (χ0) is 14.0. The minimum Gasteiger partial charge on any atom is -0.480 e. The first-order valence-corrected chi connectivity index (χ1v) is 5.73. The van der Waals surface area contributed by atoms with Crippen molar-refractivity contribution in [3.8, 4) is 12.3 Å². The molecule has 0 aromatic heterocycles. The average Bonchev–Trinajstić information content (AvgIpc) is 2.26. The number of ether oxygens (including phenoxy) is 1. The van der Waals surface area contributed by atoms with E-state index in [-0.39, 0.29) is 6.54 Å². The normalized spacial score (nSPS) is 9.89. The Morgan fingerprint density at radius 2 is 2.17 bits per heavy atom. The molecular formula is C12H20N2O4. The van der Waals surface area contributed by atoms with E-state index in [1.165, 1.54) is 0 Å². The summed E-state index contributed by atoms with van der Waals surface area (Å²) in [4.78, 5) is 23.1. The van der Waals surface area contributed by atoms with Crippen molar-refractivity contribution < 1.29 is 19.4 Å². The third-order valence-corrected chi connectivity index (χ3v) is 1.87. The number of carboxylic acids is 1. The van der Waals surface area contributed by atoms with E-state index in [1.54, 1.807) is 0 Å². The highest BCUT2D eigenvalue weighted by Crippen LogP contribution is 1.92. The van der Waals surface area contributed by atoms with Gasteiger partial charge in [0.2, 0.25) is 0 Å². The van der Waals surface area contributed by atoms with Gasteiger partial charge in [-0.1, -0.05) is 19.8 Å². The van der Waals surface area contributed by atoms with Crippen molar-refractivity contribution in [2.45, 2.75) is 13.8 Å². The summed E-state index contributed by atoms with van der Waals surface area (Å²) in [6.07, 6.45) is 5.06. The van der Waals surface area contributed by atoms with Crippen molar-refractivity contribution in [2.24, 2.45) is 5.92 Å². The van der Waals surface area contributed by atoms with Crippen molar-refractivity contribution >= 4 is 12.0 Å². The summed E-state index contributed by atoms with van der Waals surface area (Å²) in [6.45, 7) is 4.94. The van der Waals surface area contributed by atoms with E-state index in [4.69, 9.17) is 16.3 Å². The van der Waals surface area contributed by atoms with Crippen molar-refractivity contribution in [3.05, 3.63) is 0 Å². The predicted octanol–water partition coefficient (Wildman–Crippen LogP) is 0.388. The van der Waals surface area contributed by atoms with Gasteiger partial charge < -0.3 is 20.1 Å². The number of hydrogen-bond acceptors (Lipinski definition) is 3. The number of urea groups is 1. The number of carboxylic acid groups (broad SMARTS) is 1. The first kappa shape index (κ1) is 16.3. The van der Waals surface area contributed by atoms with Gasteiger partial charge in [-0.25, -0.2) is 4.79 Å². The maximum atomic E-state index is 11.6. The molecule has 2 amide bonds. The fraction of sp³-hybridized carbons (Fsp3) is 0.667. The van der Waals surface area contributed by atoms with Gasteiger partial charge in [-0.15, -0.1) is 6.42 Å². The third-order valence-electron chi connectivity index (χ3n) is 1.87. The molecule has 0 radical (unpaired) electrons. The van der Waals surface area contributed by atoms with Gasteiger partial charge in [0.25, 0.3) is 0 Å². The number of amides is 2. The molecule has 0 rings (SSSR count). The fourth-order valence-corrected chi connectivity index (χ4v) is 1.13. The van der Waals surface area contributed by atoms with Gasteiger partial charge >= 0.3 is 12.0 Å². The number of aliphatic carboxylic acids is 1. The third kappa shape index (κ3) is 8.42. The van der Waals surface area contributed by atoms with Crippen LogP contribution in [-0.2, 0) is 9.53 Å². The van der Waals surface area contributed by atoms with Gasteiger partial charge in [0.1, 0.15) is 6.54 Å². The standard InChI is InChI=1S/C12H20N2O4/c1-4-6-14(8-11(15)16)12(17)13-5-7-18-9-10(2)3/h1,10H,5-9H2,2-3H3,(H,13,17)(H,15,16). The second-order valence-corrected chi connectivity index (χ2v) is 4.15. The molecule has 6 nitrogen and oxygen atoms in total. The number of carbonyl (C=O) groups is 2. The molecule has 102 valence electrons. The summed E-state index contributed by atoms with van der Waals surface area (Å²) in [5, 5.41) is 11.2. The van der Waals surface area contributed by atoms with Crippen LogP contribution in [0.3, 0.4) is 0 Å². The lowest BCUT2D eigenvalue weighted by Crippen LogP contribution is -2.44. The van der Waals surface area contributed by atoms with Crippen LogP contribution in [0, 0.1) is 18.3 Å². The Balaban J connectivity index is 3.89. The average molecular weight is 256 g/mol. The van der Waals surface area contributed by atoms with Gasteiger partial charge in [0.15, 0.2) is 0 Å². The highest BCUT2D eigenvalue weighted by Gasteiger charge is 2.14. The molecule has 0 bridgehead atoms. The summed E-state index contributed by atoms with van der Waals surface area (Å²) in [5.74, 6) is 1.58. The Labute approximate surface area is 107 Å². The molecule has 0 saturated heterocycles. The number of nitrogens with zero attached hydrogens (tertiary/aromatic N) is 1. The summed E-state index contributed by atoms with van der Waals surface area (Å²) < 4.78 is 5.28. The smallest absolute Gasteiger partial charge is 0.323 e. The largest absolute Gasteiger partial charge is 0.480 e. The molecule has 2 N–H and O–H groups in total. The molecule has 0 aliphatic carbocycles. The number of nitrogens with one attached hydrogen (secondary N) is 1. The second-order valence-electron chi connectivity index (χ2n) is 4.15. The van der Waals surface area contributed by atoms with E-state index < -0.39 is 18.5 Å². The van der Waals surface area contributed by atoms with Gasteiger partial charge in [-0.2, -0.15) is 0 Å².